The van der Waals surface area contributed by atoms with Crippen LogP contribution in [0, 0.1) is 0 Å². The highest BCUT2D eigenvalue weighted by molar-refractivity contribution is 14.0. The molecule has 0 aliphatic carbocycles. The third-order valence-corrected chi connectivity index (χ3v) is 14.7. The molecule has 8 bridgehead atoms. The minimum absolute atomic E-state index is 0. The number of hydrogen-bond donors (Lipinski definition) is 0. The van der Waals surface area contributed by atoms with Crippen molar-refractivity contribution in [3.8, 4) is 17.2 Å². The van der Waals surface area contributed by atoms with Gasteiger partial charge in [-0.05, 0) is 92.1 Å². The molecule has 0 aromatic heterocycles. The van der Waals surface area contributed by atoms with Gasteiger partial charge < -0.3 is 14.2 Å². The first-order valence-corrected chi connectivity index (χ1v) is 29.3. The standard InChI is InChI=1S/C68H84N4O3.2HI/c1-4-7-10-13-16-19-22-31-48-73-63-37-28-25-34-54(63)66-57-42-40-52(69-57)51-53-41-43-58(70-53)67(55-35-26-29-38-64(55)74-49-32-23-20-17-14-11-8-5-2)60-45-47-62(72-60)68(61-46-44-59(66)71-61)56-36-27-30-39-65(56)75-50-33-24-21-18-15-12-9-6-3;;/h25-30,34-47,51H,4-24,31-33,48-50H2,1-3H3;2*1H. The van der Waals surface area contributed by atoms with Crippen LogP contribution in [0.5, 0.6) is 17.2 Å². The Kier molecular flexibility index (Phi) is 27.2. The van der Waals surface area contributed by atoms with Gasteiger partial charge in [0, 0.05) is 33.4 Å². The van der Waals surface area contributed by atoms with Crippen LogP contribution in [0.25, 0.3) is 16.7 Å². The second-order valence-electron chi connectivity index (χ2n) is 20.7. The van der Waals surface area contributed by atoms with E-state index in [9.17, 15) is 0 Å². The number of nitrogens with zero attached hydrogens (tertiary/aromatic N) is 4. The molecule has 0 amide bonds. The van der Waals surface area contributed by atoms with Crippen molar-refractivity contribution in [1.29, 1.82) is 0 Å². The second-order valence-corrected chi connectivity index (χ2v) is 20.7. The highest BCUT2D eigenvalue weighted by atomic mass is 127. The minimum Gasteiger partial charge on any atom is -0.493 e. The average Bonchev–Trinajstić information content (AvgIpc) is 4.31. The van der Waals surface area contributed by atoms with Crippen molar-refractivity contribution in [2.45, 2.75) is 175 Å². The topological polar surface area (TPSA) is 77.1 Å². The van der Waals surface area contributed by atoms with Gasteiger partial charge in [-0.15, -0.1) is 48.0 Å². The van der Waals surface area contributed by atoms with Gasteiger partial charge in [-0.25, -0.2) is 20.0 Å². The largest absolute Gasteiger partial charge is 0.493 e. The van der Waals surface area contributed by atoms with Crippen molar-refractivity contribution in [3.63, 3.8) is 0 Å². The summed E-state index contributed by atoms with van der Waals surface area (Å²) in [6, 6.07) is 25.2. The third kappa shape index (κ3) is 18.1. The molecule has 77 heavy (non-hydrogen) atoms. The molecular weight excluding hydrogens is 1170 g/mol. The number of unbranched alkanes of at least 4 members (excludes halogenated alkanes) is 21. The van der Waals surface area contributed by atoms with Crippen molar-refractivity contribution in [2.75, 3.05) is 19.8 Å². The fourth-order valence-electron chi connectivity index (χ4n) is 10.5. The van der Waals surface area contributed by atoms with Crippen LogP contribution in [0.4, 0.5) is 0 Å². The van der Waals surface area contributed by atoms with E-state index in [1.54, 1.807) is 0 Å². The number of benzene rings is 3. The first kappa shape index (κ1) is 61.3. The Labute approximate surface area is 496 Å². The first-order valence-electron chi connectivity index (χ1n) is 29.3. The molecule has 0 saturated carbocycles. The maximum absolute atomic E-state index is 6.75. The maximum Gasteiger partial charge on any atom is 0.127 e. The van der Waals surface area contributed by atoms with Gasteiger partial charge in [0.2, 0.25) is 0 Å². The van der Waals surface area contributed by atoms with Crippen LogP contribution in [0.2, 0.25) is 0 Å². The molecule has 0 N–H and O–H groups in total. The van der Waals surface area contributed by atoms with Crippen LogP contribution in [-0.4, -0.2) is 42.7 Å². The van der Waals surface area contributed by atoms with Crippen molar-refractivity contribution >= 4 is 87.5 Å². The zero-order valence-corrected chi connectivity index (χ0v) is 51.2. The summed E-state index contributed by atoms with van der Waals surface area (Å²) in [5, 5.41) is 0. The lowest BCUT2D eigenvalue weighted by Crippen LogP contribution is -2.07. The Morgan fingerprint density at radius 3 is 1.01 bits per heavy atom. The van der Waals surface area contributed by atoms with Gasteiger partial charge in [0.1, 0.15) is 17.2 Å². The first-order chi connectivity index (χ1) is 37.1. The zero-order valence-electron chi connectivity index (χ0n) is 46.5. The molecule has 3 aromatic rings. The third-order valence-electron chi connectivity index (χ3n) is 14.7. The Morgan fingerprint density at radius 1 is 0.312 bits per heavy atom. The van der Waals surface area contributed by atoms with Gasteiger partial charge in [-0.1, -0.05) is 210 Å². The summed E-state index contributed by atoms with van der Waals surface area (Å²) in [5.41, 5.74) is 12.2. The van der Waals surface area contributed by atoms with E-state index >= 15 is 0 Å². The molecule has 9 heteroatoms. The Balaban J connectivity index is 0.00000480. The number of halogens is 2. The molecule has 5 aliphatic rings. The second kappa shape index (κ2) is 34.2. The maximum atomic E-state index is 6.75. The number of para-hydroxylation sites is 3. The van der Waals surface area contributed by atoms with Gasteiger partial charge in [0.15, 0.2) is 0 Å². The van der Waals surface area contributed by atoms with E-state index in [0.29, 0.717) is 19.8 Å². The van der Waals surface area contributed by atoms with Gasteiger partial charge >= 0.3 is 0 Å². The highest BCUT2D eigenvalue weighted by Crippen LogP contribution is 2.41. The fraction of sp³-hybridized carbons (Fsp3) is 0.441. The van der Waals surface area contributed by atoms with Gasteiger partial charge in [0.25, 0.3) is 0 Å². The molecule has 410 valence electrons. The number of hydrogen-bond acceptors (Lipinski definition) is 7. The van der Waals surface area contributed by atoms with Gasteiger partial charge in [0.05, 0.1) is 65.5 Å². The van der Waals surface area contributed by atoms with Crippen molar-refractivity contribution < 1.29 is 14.2 Å². The van der Waals surface area contributed by atoms with Gasteiger partial charge in [-0.3, -0.25) is 0 Å². The molecule has 0 radical (unpaired) electrons. The fourth-order valence-corrected chi connectivity index (χ4v) is 10.5. The highest BCUT2D eigenvalue weighted by Gasteiger charge is 2.28. The van der Waals surface area contributed by atoms with Crippen LogP contribution < -0.4 is 14.2 Å². The van der Waals surface area contributed by atoms with Crippen LogP contribution in [0.1, 0.15) is 192 Å². The molecule has 7 nitrogen and oxygen atoms in total. The minimum atomic E-state index is 0. The molecule has 0 saturated heterocycles. The molecule has 5 aliphatic heterocycles. The van der Waals surface area contributed by atoms with Crippen LogP contribution in [-0.2, 0) is 0 Å². The molecule has 8 rings (SSSR count). The predicted octanol–water partition coefficient (Wildman–Crippen LogP) is 20.0. The number of fused-ring (bicyclic) bond motifs is 4. The monoisotopic (exact) mass is 1260 g/mol. The summed E-state index contributed by atoms with van der Waals surface area (Å²) in [7, 11) is 0. The van der Waals surface area contributed by atoms with E-state index in [4.69, 9.17) is 34.2 Å². The molecule has 0 unspecified atom stereocenters. The average molecular weight is 1260 g/mol. The van der Waals surface area contributed by atoms with Crippen LogP contribution >= 0.6 is 48.0 Å². The smallest absolute Gasteiger partial charge is 0.127 e. The van der Waals surface area contributed by atoms with E-state index in [1.165, 1.54) is 128 Å². The summed E-state index contributed by atoms with van der Waals surface area (Å²) in [6.07, 6.45) is 48.9. The Bertz CT molecular complexity index is 2720. The van der Waals surface area contributed by atoms with Gasteiger partial charge in [-0.2, -0.15) is 0 Å². The van der Waals surface area contributed by atoms with E-state index in [2.05, 4.69) is 148 Å². The summed E-state index contributed by atoms with van der Waals surface area (Å²) in [6.45, 7) is 8.79. The summed E-state index contributed by atoms with van der Waals surface area (Å²) < 4.78 is 20.1. The Hall–Kier alpha value is -4.88. The molecule has 0 fully saturated rings. The lowest BCUT2D eigenvalue weighted by Gasteiger charge is -2.17. The van der Waals surface area contributed by atoms with E-state index in [1.807, 2.05) is 0 Å². The molecular formula is C68H86I2N4O3. The van der Waals surface area contributed by atoms with Crippen molar-refractivity contribution in [3.05, 3.63) is 167 Å². The molecule has 3 aromatic carbocycles. The SMILES string of the molecule is CCCCCCCCCCOc1ccccc1C1=C2C=CC(=N2)C=C2C=CC(=N2)C(c2ccccc2OCCCCCCCCCC)=C2C=CC(=N2)C(c2ccccc2OCCCCCCCCCC)=C2C=CC1=N2.I.I. The van der Waals surface area contributed by atoms with Crippen molar-refractivity contribution in [1.82, 2.24) is 0 Å². The van der Waals surface area contributed by atoms with E-state index < -0.39 is 0 Å². The Morgan fingerprint density at radius 2 is 0.623 bits per heavy atom. The number of ether oxygens (including phenoxy) is 3. The van der Waals surface area contributed by atoms with Crippen molar-refractivity contribution in [2.24, 2.45) is 20.0 Å². The summed E-state index contributed by atoms with van der Waals surface area (Å²) in [5.74, 6) is 2.50. The summed E-state index contributed by atoms with van der Waals surface area (Å²) in [4.78, 5) is 21.7. The number of rotatable bonds is 33. The predicted molar refractivity (Wildman–Crippen MR) is 350 cm³/mol. The lowest BCUT2D eigenvalue weighted by molar-refractivity contribution is 0.303. The van der Waals surface area contributed by atoms with E-state index in [-0.39, 0.29) is 48.0 Å². The quantitative estimate of drug-likeness (QED) is 0.0450. The normalized spacial score (nSPS) is 15.1. The lowest BCUT2D eigenvalue weighted by atomic mass is 9.97. The summed E-state index contributed by atoms with van der Waals surface area (Å²) >= 11 is 0. The van der Waals surface area contributed by atoms with E-state index in [0.717, 1.165) is 122 Å². The van der Waals surface area contributed by atoms with Crippen LogP contribution in [0.15, 0.2) is 170 Å². The number of aliphatic imine (C=N–C) groups is 4. The molecule has 0 atom stereocenters. The molecule has 5 heterocycles. The number of allylic oxidation sites excluding steroid dienone is 12. The zero-order chi connectivity index (χ0) is 51.7. The molecule has 0 spiro atoms. The van der Waals surface area contributed by atoms with Crippen LogP contribution in [0.3, 0.4) is 0 Å².